The van der Waals surface area contributed by atoms with Crippen LogP contribution in [-0.2, 0) is 23.4 Å². The van der Waals surface area contributed by atoms with E-state index in [4.69, 9.17) is 4.55 Å². The Bertz CT molecular complexity index is 450. The van der Waals surface area contributed by atoms with Gasteiger partial charge in [-0.3, -0.25) is 0 Å². The summed E-state index contributed by atoms with van der Waals surface area (Å²) in [7, 11) is 0. The summed E-state index contributed by atoms with van der Waals surface area (Å²) < 4.78 is 93.5. The van der Waals surface area contributed by atoms with Gasteiger partial charge < -0.3 is 4.55 Å². The zero-order valence-electron chi connectivity index (χ0n) is 7.76. The fraction of sp³-hybridized carbons (Fsp3) is 0.250. The zero-order chi connectivity index (χ0) is 13.4. The summed E-state index contributed by atoms with van der Waals surface area (Å²) in [5.41, 5.74) is -4.11. The van der Waals surface area contributed by atoms with E-state index in [1.807, 2.05) is 0 Å². The first kappa shape index (κ1) is 14.0. The van der Waals surface area contributed by atoms with Crippen molar-refractivity contribution in [2.24, 2.45) is 0 Å². The molecule has 0 saturated carbocycles. The maximum Gasteiger partial charge on any atom is 0.418 e. The Kier molecular flexibility index (Phi) is 3.53. The van der Waals surface area contributed by atoms with E-state index in [2.05, 4.69) is 0 Å². The molecule has 0 bridgehead atoms. The lowest BCUT2D eigenvalue weighted by atomic mass is 10.1. The molecular formula is C8H4F6O2S. The van der Waals surface area contributed by atoms with Crippen molar-refractivity contribution >= 4 is 11.1 Å². The summed E-state index contributed by atoms with van der Waals surface area (Å²) in [4.78, 5) is -1.31. The number of rotatable bonds is 1. The standard InChI is InChI=1S/C8H4F6O2S/c9-7(10,11)4-2-1-3-5(17(15)16)6(4)8(12,13)14/h1-3H,(H,15,16). The lowest BCUT2D eigenvalue weighted by Gasteiger charge is -2.17. The Hall–Kier alpha value is -1.09. The van der Waals surface area contributed by atoms with Crippen LogP contribution in [0.1, 0.15) is 11.1 Å². The molecule has 0 amide bonds. The smallest absolute Gasteiger partial charge is 0.302 e. The number of benzene rings is 1. The van der Waals surface area contributed by atoms with Gasteiger partial charge >= 0.3 is 12.4 Å². The van der Waals surface area contributed by atoms with Crippen LogP contribution in [0.15, 0.2) is 23.1 Å². The average Bonchev–Trinajstić information content (AvgIpc) is 2.13. The third kappa shape index (κ3) is 2.97. The maximum atomic E-state index is 12.5. The molecule has 0 saturated heterocycles. The summed E-state index contributed by atoms with van der Waals surface area (Å²) >= 11 is -3.15. The Morgan fingerprint density at radius 2 is 1.53 bits per heavy atom. The van der Waals surface area contributed by atoms with Gasteiger partial charge in [-0.2, -0.15) is 26.3 Å². The Balaban J connectivity index is 3.64. The quantitative estimate of drug-likeness (QED) is 0.632. The van der Waals surface area contributed by atoms with Crippen LogP contribution < -0.4 is 0 Å². The van der Waals surface area contributed by atoms with Gasteiger partial charge in [0.25, 0.3) is 0 Å². The molecule has 1 atom stereocenters. The molecule has 0 aliphatic rings. The van der Waals surface area contributed by atoms with Gasteiger partial charge in [-0.05, 0) is 12.1 Å². The number of alkyl halides is 6. The van der Waals surface area contributed by atoms with Crippen LogP contribution >= 0.6 is 0 Å². The van der Waals surface area contributed by atoms with E-state index in [0.29, 0.717) is 12.1 Å². The average molecular weight is 278 g/mol. The van der Waals surface area contributed by atoms with Crippen molar-refractivity contribution in [3.8, 4) is 0 Å². The first-order chi connectivity index (χ1) is 7.55. The highest BCUT2D eigenvalue weighted by atomic mass is 32.2. The monoisotopic (exact) mass is 278 g/mol. The number of halogens is 6. The van der Waals surface area contributed by atoms with Crippen molar-refractivity contribution in [2.75, 3.05) is 0 Å². The van der Waals surface area contributed by atoms with Crippen LogP contribution in [0.4, 0.5) is 26.3 Å². The fourth-order valence-corrected chi connectivity index (χ4v) is 1.80. The molecular weight excluding hydrogens is 274 g/mol. The highest BCUT2D eigenvalue weighted by Gasteiger charge is 2.45. The molecule has 1 unspecified atom stereocenters. The predicted octanol–water partition coefficient (Wildman–Crippen LogP) is 3.30. The molecule has 0 aliphatic carbocycles. The van der Waals surface area contributed by atoms with Crippen LogP contribution in [0.3, 0.4) is 0 Å². The molecule has 0 aliphatic heterocycles. The van der Waals surface area contributed by atoms with Crippen LogP contribution in [-0.4, -0.2) is 8.76 Å². The second kappa shape index (κ2) is 4.30. The third-order valence-electron chi connectivity index (χ3n) is 1.80. The molecule has 1 aromatic carbocycles. The van der Waals surface area contributed by atoms with Crippen LogP contribution in [0.5, 0.6) is 0 Å². The summed E-state index contributed by atoms with van der Waals surface area (Å²) in [6, 6.07) is 1.37. The highest BCUT2D eigenvalue weighted by molar-refractivity contribution is 7.79. The van der Waals surface area contributed by atoms with Crippen molar-refractivity contribution in [3.63, 3.8) is 0 Å². The summed E-state index contributed by atoms with van der Waals surface area (Å²) in [6.07, 6.45) is -10.6. The SMILES string of the molecule is O=S(O)c1cccc(C(F)(F)F)c1C(F)(F)F. The number of hydrogen-bond donors (Lipinski definition) is 1. The van der Waals surface area contributed by atoms with Gasteiger partial charge in [0.1, 0.15) is 0 Å². The molecule has 1 N–H and O–H groups in total. The van der Waals surface area contributed by atoms with Gasteiger partial charge in [0.15, 0.2) is 11.1 Å². The normalized spacial score (nSPS) is 14.8. The van der Waals surface area contributed by atoms with Crippen molar-refractivity contribution < 1.29 is 35.1 Å². The Labute approximate surface area is 93.5 Å². The van der Waals surface area contributed by atoms with Gasteiger partial charge in [-0.15, -0.1) is 0 Å². The van der Waals surface area contributed by atoms with Crippen molar-refractivity contribution in [1.82, 2.24) is 0 Å². The largest absolute Gasteiger partial charge is 0.418 e. The van der Waals surface area contributed by atoms with E-state index in [1.165, 1.54) is 0 Å². The number of hydrogen-bond acceptors (Lipinski definition) is 1. The first-order valence-corrected chi connectivity index (χ1v) is 5.04. The van der Waals surface area contributed by atoms with E-state index in [-0.39, 0.29) is 6.07 Å². The lowest BCUT2D eigenvalue weighted by molar-refractivity contribution is -0.163. The van der Waals surface area contributed by atoms with E-state index >= 15 is 0 Å². The van der Waals surface area contributed by atoms with Crippen LogP contribution in [0, 0.1) is 0 Å². The van der Waals surface area contributed by atoms with Gasteiger partial charge in [-0.25, -0.2) is 4.21 Å². The van der Waals surface area contributed by atoms with Crippen molar-refractivity contribution in [2.45, 2.75) is 17.2 Å². The zero-order valence-corrected chi connectivity index (χ0v) is 8.58. The minimum absolute atomic E-state index is 0.208. The van der Waals surface area contributed by atoms with E-state index in [9.17, 15) is 30.6 Å². The summed E-state index contributed by atoms with van der Waals surface area (Å²) in [5, 5.41) is 0. The topological polar surface area (TPSA) is 37.3 Å². The van der Waals surface area contributed by atoms with Crippen LogP contribution in [0.25, 0.3) is 0 Å². The Morgan fingerprint density at radius 3 is 1.88 bits per heavy atom. The molecule has 0 aromatic heterocycles. The molecule has 1 rings (SSSR count). The fourth-order valence-electron chi connectivity index (χ4n) is 1.21. The molecule has 0 spiro atoms. The van der Waals surface area contributed by atoms with Crippen molar-refractivity contribution in [3.05, 3.63) is 29.3 Å². The molecule has 0 radical (unpaired) electrons. The third-order valence-corrected chi connectivity index (χ3v) is 2.52. The lowest BCUT2D eigenvalue weighted by Crippen LogP contribution is -2.19. The summed E-state index contributed by atoms with van der Waals surface area (Å²) in [5.74, 6) is 0. The molecule has 17 heavy (non-hydrogen) atoms. The molecule has 9 heteroatoms. The predicted molar refractivity (Wildman–Crippen MR) is 45.5 cm³/mol. The van der Waals surface area contributed by atoms with Gasteiger partial charge in [0.2, 0.25) is 0 Å². The molecule has 0 fully saturated rings. The molecule has 0 heterocycles. The van der Waals surface area contributed by atoms with Crippen LogP contribution in [0.2, 0.25) is 0 Å². The Morgan fingerprint density at radius 1 is 1.00 bits per heavy atom. The van der Waals surface area contributed by atoms with Gasteiger partial charge in [-0.1, -0.05) is 6.07 Å². The van der Waals surface area contributed by atoms with E-state index in [1.54, 1.807) is 0 Å². The van der Waals surface area contributed by atoms with Gasteiger partial charge in [0, 0.05) is 0 Å². The maximum absolute atomic E-state index is 12.5. The van der Waals surface area contributed by atoms with Crippen molar-refractivity contribution in [1.29, 1.82) is 0 Å². The molecule has 2 nitrogen and oxygen atoms in total. The van der Waals surface area contributed by atoms with Gasteiger partial charge in [0.05, 0.1) is 16.0 Å². The first-order valence-electron chi connectivity index (χ1n) is 3.93. The second-order valence-electron chi connectivity index (χ2n) is 2.92. The highest BCUT2D eigenvalue weighted by Crippen LogP contribution is 2.42. The minimum atomic E-state index is -5.36. The molecule has 96 valence electrons. The molecule has 1 aromatic rings. The second-order valence-corrected chi connectivity index (χ2v) is 3.86. The summed E-state index contributed by atoms with van der Waals surface area (Å²) in [6.45, 7) is 0. The minimum Gasteiger partial charge on any atom is -0.302 e. The van der Waals surface area contributed by atoms with E-state index < -0.39 is 39.5 Å². The van der Waals surface area contributed by atoms with E-state index in [0.717, 1.165) is 0 Å².